The van der Waals surface area contributed by atoms with Crippen LogP contribution >= 0.6 is 0 Å². The van der Waals surface area contributed by atoms with Gasteiger partial charge in [0.1, 0.15) is 5.76 Å². The second-order valence-electron chi connectivity index (χ2n) is 4.91. The van der Waals surface area contributed by atoms with E-state index in [2.05, 4.69) is 5.32 Å². The Morgan fingerprint density at radius 3 is 2.76 bits per heavy atom. The molecule has 2 heterocycles. The van der Waals surface area contributed by atoms with E-state index in [-0.39, 0.29) is 11.8 Å². The highest BCUT2D eigenvalue weighted by Gasteiger charge is 2.41. The lowest BCUT2D eigenvalue weighted by Crippen LogP contribution is -2.48. The van der Waals surface area contributed by atoms with Crippen LogP contribution in [-0.2, 0) is 4.79 Å². The number of nitrogens with one attached hydrogen (secondary N) is 1. The summed E-state index contributed by atoms with van der Waals surface area (Å²) in [4.78, 5) is 14.5. The minimum Gasteiger partial charge on any atom is -0.469 e. The average Bonchev–Trinajstić information content (AvgIpc) is 3.05. The summed E-state index contributed by atoms with van der Waals surface area (Å²) in [5, 5.41) is 3.27. The van der Waals surface area contributed by atoms with E-state index in [9.17, 15) is 4.79 Å². The van der Waals surface area contributed by atoms with E-state index in [1.807, 2.05) is 17.0 Å². The van der Waals surface area contributed by atoms with E-state index in [1.54, 1.807) is 6.26 Å². The lowest BCUT2D eigenvalue weighted by Gasteiger charge is -2.30. The van der Waals surface area contributed by atoms with Crippen molar-refractivity contribution in [3.63, 3.8) is 0 Å². The molecule has 1 aliphatic heterocycles. The van der Waals surface area contributed by atoms with Gasteiger partial charge in [-0.3, -0.25) is 4.79 Å². The molecule has 0 radical (unpaired) electrons. The number of hydrogen-bond acceptors (Lipinski definition) is 3. The third kappa shape index (κ3) is 2.22. The molecule has 0 spiro atoms. The van der Waals surface area contributed by atoms with Gasteiger partial charge in [0.25, 0.3) is 0 Å². The Morgan fingerprint density at radius 2 is 2.18 bits per heavy atom. The Kier molecular flexibility index (Phi) is 2.89. The summed E-state index contributed by atoms with van der Waals surface area (Å²) >= 11 is 0. The highest BCUT2D eigenvalue weighted by molar-refractivity contribution is 5.84. The maximum Gasteiger partial charge on any atom is 0.233 e. The highest BCUT2D eigenvalue weighted by Crippen LogP contribution is 2.43. The van der Waals surface area contributed by atoms with Crippen molar-refractivity contribution in [1.29, 1.82) is 0 Å². The predicted octanol–water partition coefficient (Wildman–Crippen LogP) is 1.20. The summed E-state index contributed by atoms with van der Waals surface area (Å²) in [6.07, 6.45) is 3.97. The lowest BCUT2D eigenvalue weighted by atomic mass is 9.98. The van der Waals surface area contributed by atoms with Crippen LogP contribution < -0.4 is 5.32 Å². The number of amides is 1. The molecule has 17 heavy (non-hydrogen) atoms. The molecular weight excluding hydrogens is 216 g/mol. The van der Waals surface area contributed by atoms with Crippen LogP contribution in [0.2, 0.25) is 0 Å². The zero-order valence-corrected chi connectivity index (χ0v) is 9.89. The van der Waals surface area contributed by atoms with Crippen LogP contribution in [0.1, 0.15) is 24.5 Å². The van der Waals surface area contributed by atoms with Gasteiger partial charge >= 0.3 is 0 Å². The number of carbonyl (C=O) groups excluding carboxylic acids is 1. The fourth-order valence-corrected chi connectivity index (χ4v) is 2.54. The Balaban J connectivity index is 1.76. The Hall–Kier alpha value is -1.29. The van der Waals surface area contributed by atoms with Crippen LogP contribution in [0.3, 0.4) is 0 Å². The Morgan fingerprint density at radius 1 is 1.41 bits per heavy atom. The minimum absolute atomic E-state index is 0.0388. The van der Waals surface area contributed by atoms with Crippen molar-refractivity contribution in [2.45, 2.75) is 18.8 Å². The minimum atomic E-state index is -0.0388. The molecule has 92 valence electrons. The van der Waals surface area contributed by atoms with Gasteiger partial charge in [-0.05, 0) is 30.9 Å². The number of rotatable bonds is 3. The standard InChI is InChI=1S/C13H18N2O2/c16-13(15-7-5-14-6-8-15)12(10-3-4-10)11-2-1-9-17-11/h1-2,9-10,12,14H,3-8H2. The number of carbonyl (C=O) groups is 1. The van der Waals surface area contributed by atoms with Gasteiger partial charge in [-0.1, -0.05) is 0 Å². The molecule has 4 nitrogen and oxygen atoms in total. The van der Waals surface area contributed by atoms with E-state index in [4.69, 9.17) is 4.42 Å². The van der Waals surface area contributed by atoms with Crippen molar-refractivity contribution in [1.82, 2.24) is 10.2 Å². The van der Waals surface area contributed by atoms with Gasteiger partial charge in [0.05, 0.1) is 12.2 Å². The molecule has 1 saturated heterocycles. The fourth-order valence-electron chi connectivity index (χ4n) is 2.54. The van der Waals surface area contributed by atoms with Crippen LogP contribution in [0.15, 0.2) is 22.8 Å². The largest absolute Gasteiger partial charge is 0.469 e. The summed E-state index contributed by atoms with van der Waals surface area (Å²) in [6, 6.07) is 3.80. The first-order valence-electron chi connectivity index (χ1n) is 6.39. The molecule has 1 saturated carbocycles. The molecule has 0 bridgehead atoms. The molecular formula is C13H18N2O2. The maximum atomic E-state index is 12.5. The summed E-state index contributed by atoms with van der Waals surface area (Å²) < 4.78 is 5.45. The molecule has 4 heteroatoms. The molecule has 1 aromatic rings. The SMILES string of the molecule is O=C(C(c1ccco1)C1CC1)N1CCNCC1. The van der Waals surface area contributed by atoms with Gasteiger partial charge in [0.15, 0.2) is 0 Å². The van der Waals surface area contributed by atoms with Crippen molar-refractivity contribution in [3.8, 4) is 0 Å². The van der Waals surface area contributed by atoms with Gasteiger partial charge < -0.3 is 14.6 Å². The third-order valence-electron chi connectivity index (χ3n) is 3.64. The van der Waals surface area contributed by atoms with E-state index >= 15 is 0 Å². The topological polar surface area (TPSA) is 45.5 Å². The third-order valence-corrected chi connectivity index (χ3v) is 3.64. The van der Waals surface area contributed by atoms with Gasteiger partial charge in [-0.2, -0.15) is 0 Å². The monoisotopic (exact) mass is 234 g/mol. The first-order chi connectivity index (χ1) is 8.36. The molecule has 2 fully saturated rings. The van der Waals surface area contributed by atoms with Crippen molar-refractivity contribution >= 4 is 5.91 Å². The molecule has 3 rings (SSSR count). The van der Waals surface area contributed by atoms with Crippen molar-refractivity contribution < 1.29 is 9.21 Å². The van der Waals surface area contributed by atoms with Crippen LogP contribution in [-0.4, -0.2) is 37.0 Å². The molecule has 0 aromatic carbocycles. The summed E-state index contributed by atoms with van der Waals surface area (Å²) in [6.45, 7) is 3.45. The van der Waals surface area contributed by atoms with Crippen LogP contribution in [0, 0.1) is 5.92 Å². The molecule has 1 aromatic heterocycles. The fraction of sp³-hybridized carbons (Fsp3) is 0.615. The van der Waals surface area contributed by atoms with E-state index < -0.39 is 0 Å². The summed E-state index contributed by atoms with van der Waals surface area (Å²) in [5.74, 6) is 1.56. The summed E-state index contributed by atoms with van der Waals surface area (Å²) in [7, 11) is 0. The van der Waals surface area contributed by atoms with Gasteiger partial charge in [0, 0.05) is 26.2 Å². The van der Waals surface area contributed by atoms with Gasteiger partial charge in [-0.25, -0.2) is 0 Å². The van der Waals surface area contributed by atoms with Crippen molar-refractivity contribution in [3.05, 3.63) is 24.2 Å². The zero-order valence-electron chi connectivity index (χ0n) is 9.89. The number of nitrogens with zero attached hydrogens (tertiary/aromatic N) is 1. The second kappa shape index (κ2) is 4.53. The summed E-state index contributed by atoms with van der Waals surface area (Å²) in [5.41, 5.74) is 0. The molecule has 1 aliphatic carbocycles. The number of furan rings is 1. The number of hydrogen-bond donors (Lipinski definition) is 1. The molecule has 1 N–H and O–H groups in total. The number of piperazine rings is 1. The highest BCUT2D eigenvalue weighted by atomic mass is 16.3. The van der Waals surface area contributed by atoms with Gasteiger partial charge in [0.2, 0.25) is 5.91 Å². The van der Waals surface area contributed by atoms with E-state index in [0.717, 1.165) is 44.8 Å². The smallest absolute Gasteiger partial charge is 0.233 e. The van der Waals surface area contributed by atoms with Crippen LogP contribution in [0.4, 0.5) is 0 Å². The van der Waals surface area contributed by atoms with Crippen molar-refractivity contribution in [2.24, 2.45) is 5.92 Å². The molecule has 1 amide bonds. The molecule has 1 atom stereocenters. The maximum absolute atomic E-state index is 12.5. The molecule has 1 unspecified atom stereocenters. The second-order valence-corrected chi connectivity index (χ2v) is 4.91. The molecule has 2 aliphatic rings. The van der Waals surface area contributed by atoms with Crippen LogP contribution in [0.25, 0.3) is 0 Å². The average molecular weight is 234 g/mol. The zero-order chi connectivity index (χ0) is 11.7. The van der Waals surface area contributed by atoms with E-state index in [1.165, 1.54) is 0 Å². The lowest BCUT2D eigenvalue weighted by molar-refractivity contribution is -0.134. The van der Waals surface area contributed by atoms with E-state index in [0.29, 0.717) is 5.92 Å². The first kappa shape index (κ1) is 10.8. The first-order valence-corrected chi connectivity index (χ1v) is 6.39. The van der Waals surface area contributed by atoms with Crippen LogP contribution in [0.5, 0.6) is 0 Å². The predicted molar refractivity (Wildman–Crippen MR) is 63.6 cm³/mol. The van der Waals surface area contributed by atoms with Crippen molar-refractivity contribution in [2.75, 3.05) is 26.2 Å². The Bertz CT molecular complexity index is 378. The Labute approximate surface area is 101 Å². The quantitative estimate of drug-likeness (QED) is 0.855. The van der Waals surface area contributed by atoms with Gasteiger partial charge in [-0.15, -0.1) is 0 Å². The normalized spacial score (nSPS) is 22.5.